The van der Waals surface area contributed by atoms with Gasteiger partial charge in [0.05, 0.1) is 9.82 Å². The standard InChI is InChI=1S/C13H13N2O7PS/c16-15(17)11-6-8-12(9-7-11)22-23(18,19)10-14-24(20,21)13-4-2-1-3-5-13/h1-9,14H,10H2,(H,18,19). The van der Waals surface area contributed by atoms with Crippen molar-refractivity contribution in [1.29, 1.82) is 0 Å². The molecule has 2 aromatic rings. The molecule has 0 saturated carbocycles. The highest BCUT2D eigenvalue weighted by Gasteiger charge is 2.25. The van der Waals surface area contributed by atoms with Crippen LogP contribution in [0.2, 0.25) is 0 Å². The summed E-state index contributed by atoms with van der Waals surface area (Å²) in [6, 6.07) is 11.8. The van der Waals surface area contributed by atoms with Gasteiger partial charge in [-0.2, -0.15) is 4.72 Å². The van der Waals surface area contributed by atoms with Gasteiger partial charge in [-0.15, -0.1) is 0 Å². The minimum Gasteiger partial charge on any atom is -0.424 e. The normalized spacial score (nSPS) is 13.9. The van der Waals surface area contributed by atoms with Gasteiger partial charge in [0.15, 0.2) is 0 Å². The van der Waals surface area contributed by atoms with Crippen molar-refractivity contribution in [1.82, 2.24) is 4.72 Å². The molecule has 0 aliphatic heterocycles. The lowest BCUT2D eigenvalue weighted by atomic mass is 10.3. The molecule has 0 heterocycles. The number of nitro groups is 1. The van der Waals surface area contributed by atoms with Crippen molar-refractivity contribution in [2.24, 2.45) is 0 Å². The van der Waals surface area contributed by atoms with Crippen molar-refractivity contribution in [3.05, 3.63) is 64.7 Å². The van der Waals surface area contributed by atoms with Gasteiger partial charge in [0, 0.05) is 12.1 Å². The Hall–Kier alpha value is -2.26. The number of nitrogens with zero attached hydrogens (tertiary/aromatic N) is 1. The molecule has 0 bridgehead atoms. The molecule has 9 nitrogen and oxygen atoms in total. The van der Waals surface area contributed by atoms with Crippen molar-refractivity contribution < 1.29 is 27.3 Å². The second-order valence-electron chi connectivity index (χ2n) is 4.60. The van der Waals surface area contributed by atoms with Crippen LogP contribution in [0.3, 0.4) is 0 Å². The summed E-state index contributed by atoms with van der Waals surface area (Å²) in [7, 11) is -8.29. The Morgan fingerprint density at radius 2 is 1.71 bits per heavy atom. The monoisotopic (exact) mass is 372 g/mol. The van der Waals surface area contributed by atoms with Gasteiger partial charge in [-0.1, -0.05) is 18.2 Å². The second kappa shape index (κ2) is 7.10. The molecule has 0 aliphatic rings. The molecule has 0 radical (unpaired) electrons. The Kier molecular flexibility index (Phi) is 5.35. The van der Waals surface area contributed by atoms with E-state index in [2.05, 4.69) is 0 Å². The smallest absolute Gasteiger partial charge is 0.391 e. The number of nitro benzene ring substituents is 1. The molecule has 24 heavy (non-hydrogen) atoms. The SMILES string of the molecule is O=[N+]([O-])c1ccc(OP(=O)(O)CNS(=O)(=O)c2ccccc2)cc1. The average molecular weight is 372 g/mol. The summed E-state index contributed by atoms with van der Waals surface area (Å²) in [6.07, 6.45) is -0.846. The highest BCUT2D eigenvalue weighted by atomic mass is 32.2. The minimum absolute atomic E-state index is 0.0552. The van der Waals surface area contributed by atoms with E-state index in [4.69, 9.17) is 4.52 Å². The number of non-ortho nitro benzene ring substituents is 1. The maximum Gasteiger partial charge on any atom is 0.391 e. The molecule has 2 N–H and O–H groups in total. The molecule has 2 aromatic carbocycles. The van der Waals surface area contributed by atoms with Gasteiger partial charge in [-0.05, 0) is 24.3 Å². The molecule has 0 aliphatic carbocycles. The lowest BCUT2D eigenvalue weighted by Crippen LogP contribution is -2.25. The number of hydrogen-bond acceptors (Lipinski definition) is 6. The predicted octanol–water partition coefficient (Wildman–Crippen LogP) is 2.09. The lowest BCUT2D eigenvalue weighted by Gasteiger charge is -2.14. The summed E-state index contributed by atoms with van der Waals surface area (Å²) in [5.41, 5.74) is -0.208. The maximum absolute atomic E-state index is 12.0. The molecule has 0 amide bonds. The van der Waals surface area contributed by atoms with Crippen LogP contribution in [0.15, 0.2) is 59.5 Å². The molecule has 2 rings (SSSR count). The molecule has 0 fully saturated rings. The Labute approximate surface area is 137 Å². The topological polar surface area (TPSA) is 136 Å². The third-order valence-corrected chi connectivity index (χ3v) is 5.49. The van der Waals surface area contributed by atoms with Crippen molar-refractivity contribution >= 4 is 23.3 Å². The van der Waals surface area contributed by atoms with E-state index in [1.807, 2.05) is 4.72 Å². The van der Waals surface area contributed by atoms with E-state index in [1.54, 1.807) is 6.07 Å². The highest BCUT2D eigenvalue weighted by Crippen LogP contribution is 2.41. The quantitative estimate of drug-likeness (QED) is 0.431. The fourth-order valence-electron chi connectivity index (χ4n) is 1.68. The summed E-state index contributed by atoms with van der Waals surface area (Å²) >= 11 is 0. The summed E-state index contributed by atoms with van der Waals surface area (Å²) < 4.78 is 42.7. The summed E-state index contributed by atoms with van der Waals surface area (Å²) in [6.45, 7) is 0. The molecule has 11 heteroatoms. The largest absolute Gasteiger partial charge is 0.424 e. The van der Waals surface area contributed by atoms with Crippen molar-refractivity contribution in [3.63, 3.8) is 0 Å². The molecular weight excluding hydrogens is 359 g/mol. The van der Waals surface area contributed by atoms with Crippen molar-refractivity contribution in [2.45, 2.75) is 4.90 Å². The van der Waals surface area contributed by atoms with Crippen molar-refractivity contribution in [3.8, 4) is 5.75 Å². The van der Waals surface area contributed by atoms with Crippen LogP contribution in [0.25, 0.3) is 0 Å². The van der Waals surface area contributed by atoms with E-state index >= 15 is 0 Å². The molecule has 0 saturated heterocycles. The molecule has 1 unspecified atom stereocenters. The summed E-state index contributed by atoms with van der Waals surface area (Å²) in [4.78, 5) is 19.6. The van der Waals surface area contributed by atoms with Gasteiger partial charge in [0.2, 0.25) is 10.0 Å². The van der Waals surface area contributed by atoms with Crippen LogP contribution >= 0.6 is 7.60 Å². The van der Waals surface area contributed by atoms with E-state index in [1.165, 1.54) is 24.3 Å². The first-order valence-electron chi connectivity index (χ1n) is 6.50. The first-order valence-corrected chi connectivity index (χ1v) is 9.75. The van der Waals surface area contributed by atoms with Crippen LogP contribution in [-0.4, -0.2) is 24.5 Å². The highest BCUT2D eigenvalue weighted by molar-refractivity contribution is 7.89. The Morgan fingerprint density at radius 1 is 1.12 bits per heavy atom. The zero-order valence-electron chi connectivity index (χ0n) is 12.1. The number of benzene rings is 2. The lowest BCUT2D eigenvalue weighted by molar-refractivity contribution is -0.384. The zero-order chi connectivity index (χ0) is 17.8. The molecular formula is C13H13N2O7PS. The van der Waals surface area contributed by atoms with Crippen LogP contribution in [0, 0.1) is 10.1 Å². The van der Waals surface area contributed by atoms with Gasteiger partial charge >= 0.3 is 7.60 Å². The Balaban J connectivity index is 2.03. The second-order valence-corrected chi connectivity index (χ2v) is 8.14. The van der Waals surface area contributed by atoms with Crippen LogP contribution < -0.4 is 9.25 Å². The number of nitrogens with one attached hydrogen (secondary N) is 1. The van der Waals surface area contributed by atoms with E-state index in [0.29, 0.717) is 0 Å². The average Bonchev–Trinajstić information content (AvgIpc) is 2.54. The Bertz CT molecular complexity index is 869. The van der Waals surface area contributed by atoms with Crippen molar-refractivity contribution in [2.75, 3.05) is 6.29 Å². The van der Waals surface area contributed by atoms with E-state index in [-0.39, 0.29) is 16.3 Å². The number of hydrogen-bond donors (Lipinski definition) is 2. The Morgan fingerprint density at radius 3 is 2.25 bits per heavy atom. The van der Waals surface area contributed by atoms with E-state index in [9.17, 15) is 28.0 Å². The fourth-order valence-corrected chi connectivity index (χ4v) is 4.21. The van der Waals surface area contributed by atoms with Crippen LogP contribution in [0.5, 0.6) is 5.75 Å². The van der Waals surface area contributed by atoms with Crippen LogP contribution in [0.4, 0.5) is 5.69 Å². The molecule has 0 aromatic heterocycles. The molecule has 0 spiro atoms. The van der Waals surface area contributed by atoms with Gasteiger partial charge in [0.25, 0.3) is 5.69 Å². The summed E-state index contributed by atoms with van der Waals surface area (Å²) in [5.74, 6) is -0.0923. The van der Waals surface area contributed by atoms with Gasteiger partial charge in [-0.3, -0.25) is 10.1 Å². The van der Waals surface area contributed by atoms with Gasteiger partial charge in [-0.25, -0.2) is 13.0 Å². The van der Waals surface area contributed by atoms with E-state index < -0.39 is 28.8 Å². The fraction of sp³-hybridized carbons (Fsp3) is 0.0769. The summed E-state index contributed by atoms with van der Waals surface area (Å²) in [5, 5.41) is 10.5. The molecule has 128 valence electrons. The first-order chi connectivity index (χ1) is 11.2. The molecule has 1 atom stereocenters. The predicted molar refractivity (Wildman–Crippen MR) is 85.2 cm³/mol. The first kappa shape index (κ1) is 18.1. The third kappa shape index (κ3) is 4.87. The maximum atomic E-state index is 12.0. The number of sulfonamides is 1. The van der Waals surface area contributed by atoms with E-state index in [0.717, 1.165) is 24.3 Å². The van der Waals surface area contributed by atoms with Crippen LogP contribution in [0.1, 0.15) is 0 Å². The third-order valence-electron chi connectivity index (χ3n) is 2.80. The van der Waals surface area contributed by atoms with Crippen LogP contribution in [-0.2, 0) is 14.6 Å². The minimum atomic E-state index is -4.33. The van der Waals surface area contributed by atoms with Gasteiger partial charge < -0.3 is 9.42 Å². The number of rotatable bonds is 7. The van der Waals surface area contributed by atoms with Gasteiger partial charge in [0.1, 0.15) is 12.0 Å². The zero-order valence-corrected chi connectivity index (χ0v) is 13.8.